The fourth-order valence-corrected chi connectivity index (χ4v) is 3.93. The summed E-state index contributed by atoms with van der Waals surface area (Å²) in [5.41, 5.74) is 0. The predicted molar refractivity (Wildman–Crippen MR) is 76.6 cm³/mol. The number of ketones is 1. The van der Waals surface area contributed by atoms with E-state index in [1.807, 2.05) is 0 Å². The highest BCUT2D eigenvalue weighted by atomic mass is 16.1. The predicted octanol–water partition coefficient (Wildman–Crippen LogP) is 5.13. The molecule has 1 heteroatoms. The van der Waals surface area contributed by atoms with Gasteiger partial charge in [0.15, 0.2) is 0 Å². The molecule has 0 aromatic rings. The van der Waals surface area contributed by atoms with Crippen LogP contribution in [0.15, 0.2) is 0 Å². The second-order valence-corrected chi connectivity index (χ2v) is 6.57. The summed E-state index contributed by atoms with van der Waals surface area (Å²) in [6, 6.07) is 0. The van der Waals surface area contributed by atoms with E-state index in [-0.39, 0.29) is 0 Å². The van der Waals surface area contributed by atoms with E-state index in [4.69, 9.17) is 0 Å². The molecule has 0 saturated heterocycles. The van der Waals surface area contributed by atoms with Crippen LogP contribution in [0.5, 0.6) is 0 Å². The van der Waals surface area contributed by atoms with Crippen molar-refractivity contribution in [2.24, 2.45) is 17.8 Å². The largest absolute Gasteiger partial charge is 0.299 e. The van der Waals surface area contributed by atoms with E-state index in [0.717, 1.165) is 5.92 Å². The summed E-state index contributed by atoms with van der Waals surface area (Å²) in [4.78, 5) is 12.6. The molecule has 2 fully saturated rings. The molecule has 0 bridgehead atoms. The molecule has 0 atom stereocenters. The Hall–Kier alpha value is -0.330. The minimum Gasteiger partial charge on any atom is -0.299 e. The first-order valence-electron chi connectivity index (χ1n) is 8.35. The molecule has 0 unspecified atom stereocenters. The van der Waals surface area contributed by atoms with Crippen LogP contribution in [-0.4, -0.2) is 5.78 Å². The molecule has 0 amide bonds. The van der Waals surface area contributed by atoms with Crippen LogP contribution < -0.4 is 0 Å². The first-order chi connectivity index (χ1) is 8.81. The van der Waals surface area contributed by atoms with Gasteiger partial charge in [0, 0.05) is 11.8 Å². The average molecular weight is 250 g/mol. The first kappa shape index (κ1) is 14.1. The van der Waals surface area contributed by atoms with Gasteiger partial charge in [0.05, 0.1) is 0 Å². The lowest BCUT2D eigenvalue weighted by Crippen LogP contribution is -2.28. The topological polar surface area (TPSA) is 17.1 Å². The van der Waals surface area contributed by atoms with Gasteiger partial charge in [-0.05, 0) is 44.4 Å². The minimum absolute atomic E-state index is 0.425. The fraction of sp³-hybridized carbons (Fsp3) is 0.941. The molecule has 0 N–H and O–H groups in total. The van der Waals surface area contributed by atoms with Crippen LogP contribution >= 0.6 is 0 Å². The molecule has 0 aromatic heterocycles. The van der Waals surface area contributed by atoms with Crippen molar-refractivity contribution in [3.63, 3.8) is 0 Å². The first-order valence-corrected chi connectivity index (χ1v) is 8.35. The lowest BCUT2D eigenvalue weighted by Gasteiger charge is -2.30. The molecule has 2 rings (SSSR count). The third-order valence-electron chi connectivity index (χ3n) is 5.33. The number of carbonyl (C=O) groups is 1. The van der Waals surface area contributed by atoms with E-state index in [2.05, 4.69) is 6.92 Å². The summed E-state index contributed by atoms with van der Waals surface area (Å²) >= 11 is 0. The van der Waals surface area contributed by atoms with Crippen LogP contribution in [0.4, 0.5) is 0 Å². The van der Waals surface area contributed by atoms with Gasteiger partial charge in [-0.15, -0.1) is 0 Å². The zero-order chi connectivity index (χ0) is 12.8. The molecule has 0 aliphatic heterocycles. The molecule has 0 radical (unpaired) electrons. The van der Waals surface area contributed by atoms with Gasteiger partial charge in [0.25, 0.3) is 0 Å². The SMILES string of the molecule is CCC1CCC(C(=O)C2CCCCCCC2)CC1. The summed E-state index contributed by atoms with van der Waals surface area (Å²) in [5, 5.41) is 0. The van der Waals surface area contributed by atoms with Gasteiger partial charge in [-0.25, -0.2) is 0 Å². The maximum Gasteiger partial charge on any atom is 0.139 e. The van der Waals surface area contributed by atoms with Crippen LogP contribution in [0.3, 0.4) is 0 Å². The smallest absolute Gasteiger partial charge is 0.139 e. The monoisotopic (exact) mass is 250 g/mol. The van der Waals surface area contributed by atoms with Crippen LogP contribution in [-0.2, 0) is 4.79 Å². The van der Waals surface area contributed by atoms with Crippen molar-refractivity contribution < 1.29 is 4.79 Å². The van der Waals surface area contributed by atoms with E-state index in [1.165, 1.54) is 77.0 Å². The molecule has 1 nitrogen and oxygen atoms in total. The molecule has 0 spiro atoms. The molecule has 104 valence electrons. The summed E-state index contributed by atoms with van der Waals surface area (Å²) in [7, 11) is 0. The maximum atomic E-state index is 12.6. The molecular formula is C17H30O. The molecule has 2 saturated carbocycles. The van der Waals surface area contributed by atoms with E-state index in [1.54, 1.807) is 0 Å². The van der Waals surface area contributed by atoms with Gasteiger partial charge in [-0.1, -0.05) is 45.4 Å². The van der Waals surface area contributed by atoms with Crippen molar-refractivity contribution in [2.75, 3.05) is 0 Å². The molecular weight excluding hydrogens is 220 g/mol. The molecule has 18 heavy (non-hydrogen) atoms. The lowest BCUT2D eigenvalue weighted by molar-refractivity contribution is -0.128. The Bertz CT molecular complexity index is 242. The maximum absolute atomic E-state index is 12.6. The van der Waals surface area contributed by atoms with Crippen LogP contribution in [0.25, 0.3) is 0 Å². The second kappa shape index (κ2) is 7.31. The van der Waals surface area contributed by atoms with Gasteiger partial charge < -0.3 is 0 Å². The van der Waals surface area contributed by atoms with Gasteiger partial charge in [-0.2, -0.15) is 0 Å². The third kappa shape index (κ3) is 3.83. The lowest BCUT2D eigenvalue weighted by atomic mass is 9.74. The van der Waals surface area contributed by atoms with Gasteiger partial charge in [0.1, 0.15) is 5.78 Å². The van der Waals surface area contributed by atoms with Crippen LogP contribution in [0.2, 0.25) is 0 Å². The summed E-state index contributed by atoms with van der Waals surface area (Å²) in [6.07, 6.45) is 15.4. The Kier molecular flexibility index (Phi) is 5.72. The molecule has 2 aliphatic carbocycles. The Labute approximate surface area is 113 Å². The van der Waals surface area contributed by atoms with E-state index in [0.29, 0.717) is 17.6 Å². The highest BCUT2D eigenvalue weighted by molar-refractivity contribution is 5.83. The highest BCUT2D eigenvalue weighted by Crippen LogP contribution is 2.35. The van der Waals surface area contributed by atoms with Crippen molar-refractivity contribution >= 4 is 5.78 Å². The summed E-state index contributed by atoms with van der Waals surface area (Å²) in [5.74, 6) is 2.41. The van der Waals surface area contributed by atoms with Gasteiger partial charge in [0.2, 0.25) is 0 Å². The van der Waals surface area contributed by atoms with Crippen LogP contribution in [0.1, 0.15) is 84.0 Å². The molecule has 0 heterocycles. The standard InChI is InChI=1S/C17H30O/c1-2-14-10-12-16(13-11-14)17(18)15-8-6-4-3-5-7-9-15/h14-16H,2-13H2,1H3. The van der Waals surface area contributed by atoms with Crippen molar-refractivity contribution in [3.05, 3.63) is 0 Å². The van der Waals surface area contributed by atoms with E-state index in [9.17, 15) is 4.79 Å². The van der Waals surface area contributed by atoms with Crippen molar-refractivity contribution in [3.8, 4) is 0 Å². The second-order valence-electron chi connectivity index (χ2n) is 6.57. The number of hydrogen-bond donors (Lipinski definition) is 0. The van der Waals surface area contributed by atoms with E-state index < -0.39 is 0 Å². The molecule has 0 aromatic carbocycles. The fourth-order valence-electron chi connectivity index (χ4n) is 3.93. The summed E-state index contributed by atoms with van der Waals surface area (Å²) in [6.45, 7) is 2.29. The van der Waals surface area contributed by atoms with Crippen molar-refractivity contribution in [1.29, 1.82) is 0 Å². The Morgan fingerprint density at radius 2 is 1.28 bits per heavy atom. The normalized spacial score (nSPS) is 31.6. The highest BCUT2D eigenvalue weighted by Gasteiger charge is 2.30. The zero-order valence-electron chi connectivity index (χ0n) is 12.1. The van der Waals surface area contributed by atoms with Gasteiger partial charge >= 0.3 is 0 Å². The minimum atomic E-state index is 0.425. The average Bonchev–Trinajstić information content (AvgIpc) is 2.38. The van der Waals surface area contributed by atoms with Crippen molar-refractivity contribution in [1.82, 2.24) is 0 Å². The molecule has 2 aliphatic rings. The third-order valence-corrected chi connectivity index (χ3v) is 5.33. The number of Topliss-reactive ketones (excluding diaryl/α,β-unsaturated/α-hetero) is 1. The zero-order valence-corrected chi connectivity index (χ0v) is 12.1. The number of carbonyl (C=O) groups excluding carboxylic acids is 1. The Morgan fingerprint density at radius 1 is 0.778 bits per heavy atom. The Morgan fingerprint density at radius 3 is 1.83 bits per heavy atom. The van der Waals surface area contributed by atoms with Crippen molar-refractivity contribution in [2.45, 2.75) is 84.0 Å². The Balaban J connectivity index is 1.82. The van der Waals surface area contributed by atoms with E-state index >= 15 is 0 Å². The van der Waals surface area contributed by atoms with Gasteiger partial charge in [-0.3, -0.25) is 4.79 Å². The number of hydrogen-bond acceptors (Lipinski definition) is 1. The number of rotatable bonds is 3. The van der Waals surface area contributed by atoms with Crippen LogP contribution in [0, 0.1) is 17.8 Å². The quantitative estimate of drug-likeness (QED) is 0.678. The summed E-state index contributed by atoms with van der Waals surface area (Å²) < 4.78 is 0.